The molecule has 0 spiro atoms. The molecule has 0 radical (unpaired) electrons. The van der Waals surface area contributed by atoms with Crippen LogP contribution in [0.25, 0.3) is 27.2 Å². The van der Waals surface area contributed by atoms with Gasteiger partial charge in [-0.05, 0) is 32.0 Å². The number of benzene rings is 1. The van der Waals surface area contributed by atoms with Gasteiger partial charge in [0.15, 0.2) is 11.3 Å². The third-order valence-electron chi connectivity index (χ3n) is 6.77. The van der Waals surface area contributed by atoms with Crippen LogP contribution in [0.2, 0.25) is 5.02 Å². The number of hydrogen-bond donors (Lipinski definition) is 1. The van der Waals surface area contributed by atoms with Crippen molar-refractivity contribution in [2.24, 2.45) is 0 Å². The highest BCUT2D eigenvalue weighted by Gasteiger charge is 2.65. The smallest absolute Gasteiger partial charge is 0.290 e. The summed E-state index contributed by atoms with van der Waals surface area (Å²) in [5, 5.41) is 3.18. The molecule has 0 atom stereocenters. The molecule has 10 heteroatoms. The van der Waals surface area contributed by atoms with Gasteiger partial charge in [-0.2, -0.15) is 0 Å². The maximum Gasteiger partial charge on any atom is 0.290 e. The van der Waals surface area contributed by atoms with Crippen molar-refractivity contribution in [3.63, 3.8) is 0 Å². The highest BCUT2D eigenvalue weighted by Crippen LogP contribution is 2.56. The molecule has 6 nitrogen and oxygen atoms in total. The Balaban J connectivity index is 1.67. The molecule has 35 heavy (non-hydrogen) atoms. The summed E-state index contributed by atoms with van der Waals surface area (Å²) in [5.74, 6) is -3.99. The summed E-state index contributed by atoms with van der Waals surface area (Å²) in [6, 6.07) is 7.05. The number of nitrogens with zero attached hydrogens (tertiary/aromatic N) is 3. The summed E-state index contributed by atoms with van der Waals surface area (Å²) >= 11 is 5.81. The van der Waals surface area contributed by atoms with E-state index >= 15 is 0 Å². The normalized spacial score (nSPS) is 20.3. The number of halogens is 4. The van der Waals surface area contributed by atoms with Gasteiger partial charge < -0.3 is 19.5 Å². The van der Waals surface area contributed by atoms with Gasteiger partial charge in [-0.15, -0.1) is 0 Å². The van der Waals surface area contributed by atoms with E-state index in [0.29, 0.717) is 25.2 Å². The van der Waals surface area contributed by atoms with Crippen molar-refractivity contribution in [2.45, 2.75) is 43.7 Å². The highest BCUT2D eigenvalue weighted by molar-refractivity contribution is 6.30. The minimum Gasteiger partial charge on any atom is -0.449 e. The molecule has 1 aromatic carbocycles. The summed E-state index contributed by atoms with van der Waals surface area (Å²) in [7, 11) is 0. The van der Waals surface area contributed by atoms with Gasteiger partial charge in [0.1, 0.15) is 11.3 Å². The molecule has 182 valence electrons. The van der Waals surface area contributed by atoms with Gasteiger partial charge in [-0.1, -0.05) is 17.7 Å². The second kappa shape index (κ2) is 7.97. The van der Waals surface area contributed by atoms with E-state index in [4.69, 9.17) is 22.6 Å². The van der Waals surface area contributed by atoms with E-state index in [1.54, 1.807) is 11.0 Å². The molecule has 2 aliphatic rings. The van der Waals surface area contributed by atoms with Crippen LogP contribution in [0.3, 0.4) is 0 Å². The minimum absolute atomic E-state index is 0.00868. The Labute approximate surface area is 204 Å². The van der Waals surface area contributed by atoms with Gasteiger partial charge in [0.05, 0.1) is 34.7 Å². The fourth-order valence-electron chi connectivity index (χ4n) is 4.90. The lowest BCUT2D eigenvalue weighted by Crippen LogP contribution is -2.59. The van der Waals surface area contributed by atoms with Crippen molar-refractivity contribution < 1.29 is 22.4 Å². The summed E-state index contributed by atoms with van der Waals surface area (Å²) < 4.78 is 48.0. The van der Waals surface area contributed by atoms with Crippen LogP contribution in [0.4, 0.5) is 13.2 Å². The first kappa shape index (κ1) is 23.6. The number of hydrogen-bond acceptors (Lipinski definition) is 4. The van der Waals surface area contributed by atoms with Crippen LogP contribution in [0.15, 0.2) is 34.7 Å². The van der Waals surface area contributed by atoms with Crippen LogP contribution in [-0.2, 0) is 5.54 Å². The quantitative estimate of drug-likeness (QED) is 0.470. The van der Waals surface area contributed by atoms with Gasteiger partial charge in [0, 0.05) is 31.3 Å². The Morgan fingerprint density at radius 3 is 2.63 bits per heavy atom. The molecule has 2 fully saturated rings. The molecule has 1 aliphatic heterocycles. The average molecular weight is 503 g/mol. The maximum atomic E-state index is 14.2. The van der Waals surface area contributed by atoms with Crippen molar-refractivity contribution in [1.29, 1.82) is 0 Å². The van der Waals surface area contributed by atoms with Gasteiger partial charge in [-0.25, -0.2) is 24.7 Å². The molecule has 1 saturated heterocycles. The van der Waals surface area contributed by atoms with E-state index in [1.807, 2.05) is 13.8 Å². The van der Waals surface area contributed by atoms with Crippen molar-refractivity contribution in [3.8, 4) is 11.3 Å². The summed E-state index contributed by atoms with van der Waals surface area (Å²) in [5.41, 5.74) is -0.802. The van der Waals surface area contributed by atoms with E-state index in [1.165, 1.54) is 24.3 Å². The number of nitrogens with one attached hydrogen (secondary N) is 1. The summed E-state index contributed by atoms with van der Waals surface area (Å²) in [6.07, 6.45) is -1.35. The molecule has 1 N–H and O–H groups in total. The number of carbonyl (C=O) groups excluding carboxylic acids is 1. The SMILES string of the molecule is [C-]#[N+]C1(c2cc(-c3ccc(Cl)c(F)c3)nc3cc(C(=O)N4CCNCC4(C)C)oc23)CC(F)(F)C1. The molecule has 0 bridgehead atoms. The number of carbonyl (C=O) groups is 1. The van der Waals surface area contributed by atoms with Crippen molar-refractivity contribution in [2.75, 3.05) is 19.6 Å². The standard InChI is InChI=1S/C25H22ClF3N4O2/c1-23(2)13-31-6-7-33(23)22(34)20-10-19-21(35-20)15(24(30-3)11-25(28,29)12-24)9-18(32-19)14-4-5-16(26)17(27)8-14/h4-5,8-10,31H,6-7,11-13H2,1-2H3. The number of furan rings is 1. The average Bonchev–Trinajstić information content (AvgIpc) is 3.22. The Morgan fingerprint density at radius 2 is 2.00 bits per heavy atom. The number of amides is 1. The van der Waals surface area contributed by atoms with Crippen LogP contribution >= 0.6 is 11.6 Å². The number of fused-ring (bicyclic) bond motifs is 1. The molecule has 1 amide bonds. The number of aromatic nitrogens is 1. The van der Waals surface area contributed by atoms with Crippen molar-refractivity contribution in [3.05, 3.63) is 63.9 Å². The molecule has 3 aromatic rings. The van der Waals surface area contributed by atoms with Gasteiger partial charge >= 0.3 is 0 Å². The van der Waals surface area contributed by atoms with Crippen LogP contribution < -0.4 is 5.32 Å². The lowest BCUT2D eigenvalue weighted by atomic mass is 9.69. The summed E-state index contributed by atoms with van der Waals surface area (Å²) in [6.45, 7) is 13.3. The Morgan fingerprint density at radius 1 is 1.26 bits per heavy atom. The molecule has 1 aliphatic carbocycles. The van der Waals surface area contributed by atoms with Gasteiger partial charge in [-0.3, -0.25) is 4.79 Å². The lowest BCUT2D eigenvalue weighted by Gasteiger charge is -2.42. The predicted molar refractivity (Wildman–Crippen MR) is 125 cm³/mol. The van der Waals surface area contributed by atoms with E-state index in [2.05, 4.69) is 15.1 Å². The Kier molecular flexibility index (Phi) is 5.38. The highest BCUT2D eigenvalue weighted by atomic mass is 35.5. The number of pyridine rings is 1. The fraction of sp³-hybridized carbons (Fsp3) is 0.400. The number of piperazine rings is 1. The summed E-state index contributed by atoms with van der Waals surface area (Å²) in [4.78, 5) is 23.1. The predicted octanol–water partition coefficient (Wildman–Crippen LogP) is 5.65. The van der Waals surface area contributed by atoms with Crippen molar-refractivity contribution in [1.82, 2.24) is 15.2 Å². The van der Waals surface area contributed by atoms with Crippen LogP contribution in [-0.4, -0.2) is 46.9 Å². The van der Waals surface area contributed by atoms with Crippen LogP contribution in [0.1, 0.15) is 42.8 Å². The zero-order valence-corrected chi connectivity index (χ0v) is 19.8. The monoisotopic (exact) mass is 502 g/mol. The van der Waals surface area contributed by atoms with E-state index in [0.717, 1.165) is 0 Å². The van der Waals surface area contributed by atoms with E-state index in [9.17, 15) is 18.0 Å². The molecule has 0 unspecified atom stereocenters. The first-order chi connectivity index (χ1) is 16.4. The molecular weight excluding hydrogens is 481 g/mol. The minimum atomic E-state index is -2.98. The molecule has 5 rings (SSSR count). The first-order valence-electron chi connectivity index (χ1n) is 11.1. The van der Waals surface area contributed by atoms with Gasteiger partial charge in [0.2, 0.25) is 0 Å². The largest absolute Gasteiger partial charge is 0.449 e. The van der Waals surface area contributed by atoms with Gasteiger partial charge in [0.25, 0.3) is 17.4 Å². The third-order valence-corrected chi connectivity index (χ3v) is 7.07. The number of rotatable bonds is 3. The topological polar surface area (TPSA) is 62.7 Å². The molecule has 1 saturated carbocycles. The fourth-order valence-corrected chi connectivity index (χ4v) is 5.02. The molecule has 2 aromatic heterocycles. The Bertz CT molecular complexity index is 1390. The third kappa shape index (κ3) is 3.95. The zero-order chi connectivity index (χ0) is 25.2. The second-order valence-corrected chi connectivity index (χ2v) is 10.2. The molecular formula is C25H22ClF3N4O2. The van der Waals surface area contributed by atoms with Crippen LogP contribution in [0, 0.1) is 12.4 Å². The first-order valence-corrected chi connectivity index (χ1v) is 11.5. The van der Waals surface area contributed by atoms with Crippen molar-refractivity contribution >= 4 is 28.6 Å². The zero-order valence-electron chi connectivity index (χ0n) is 19.1. The lowest BCUT2D eigenvalue weighted by molar-refractivity contribution is -0.112. The second-order valence-electron chi connectivity index (χ2n) is 9.81. The Hall–Kier alpha value is -3.09. The molecule has 3 heterocycles. The maximum absolute atomic E-state index is 14.2. The number of alkyl halides is 2. The van der Waals surface area contributed by atoms with E-state index in [-0.39, 0.29) is 39.0 Å². The van der Waals surface area contributed by atoms with E-state index < -0.39 is 35.7 Å². The van der Waals surface area contributed by atoms with Crippen LogP contribution in [0.5, 0.6) is 0 Å².